The number of hydrogen-bond acceptors (Lipinski definition) is 10. The van der Waals surface area contributed by atoms with Crippen molar-refractivity contribution in [2.75, 3.05) is 46.5 Å². The van der Waals surface area contributed by atoms with Gasteiger partial charge in [-0.2, -0.15) is 10.1 Å². The molecule has 0 amide bonds. The Morgan fingerprint density at radius 1 is 1.21 bits per heavy atom. The fraction of sp³-hybridized carbons (Fsp3) is 0.500. The maximum absolute atomic E-state index is 12.4. The topological polar surface area (TPSA) is 117 Å². The highest BCUT2D eigenvalue weighted by Crippen LogP contribution is 2.26. The Balaban J connectivity index is 1.13. The van der Waals surface area contributed by atoms with Gasteiger partial charge in [0.15, 0.2) is 11.4 Å². The first-order valence-corrected chi connectivity index (χ1v) is 11.2. The first kappa shape index (κ1) is 21.5. The zero-order chi connectivity index (χ0) is 22.6. The van der Waals surface area contributed by atoms with Crippen LogP contribution in [0.1, 0.15) is 12.1 Å². The van der Waals surface area contributed by atoms with Crippen LogP contribution in [0.5, 0.6) is 17.5 Å². The van der Waals surface area contributed by atoms with Crippen LogP contribution in [0.2, 0.25) is 0 Å². The number of aromatic nitrogens is 5. The van der Waals surface area contributed by atoms with Crippen molar-refractivity contribution in [2.24, 2.45) is 5.92 Å². The van der Waals surface area contributed by atoms with Crippen LogP contribution in [0.3, 0.4) is 0 Å². The van der Waals surface area contributed by atoms with Gasteiger partial charge in [-0.05, 0) is 31.5 Å². The molecule has 1 N–H and O–H groups in total. The normalized spacial score (nSPS) is 18.0. The minimum absolute atomic E-state index is 0.152. The van der Waals surface area contributed by atoms with Crippen molar-refractivity contribution in [3.8, 4) is 17.5 Å². The Morgan fingerprint density at radius 2 is 2.12 bits per heavy atom. The van der Waals surface area contributed by atoms with Gasteiger partial charge in [-0.15, -0.1) is 5.10 Å². The van der Waals surface area contributed by atoms with E-state index in [1.165, 1.54) is 6.20 Å². The van der Waals surface area contributed by atoms with Gasteiger partial charge >= 0.3 is 0 Å². The van der Waals surface area contributed by atoms with E-state index in [0.717, 1.165) is 38.3 Å². The van der Waals surface area contributed by atoms with Gasteiger partial charge in [0.05, 0.1) is 19.0 Å². The van der Waals surface area contributed by atoms with E-state index >= 15 is 0 Å². The van der Waals surface area contributed by atoms with E-state index in [-0.39, 0.29) is 5.56 Å². The molecule has 3 aromatic heterocycles. The van der Waals surface area contributed by atoms with Crippen LogP contribution >= 0.6 is 0 Å². The third-order valence-electron chi connectivity index (χ3n) is 5.98. The lowest BCUT2D eigenvalue weighted by Crippen LogP contribution is -2.31. The molecule has 1 saturated heterocycles. The summed E-state index contributed by atoms with van der Waals surface area (Å²) in [5.74, 6) is 2.13. The van der Waals surface area contributed by atoms with Gasteiger partial charge in [0.2, 0.25) is 5.88 Å². The van der Waals surface area contributed by atoms with Crippen molar-refractivity contribution in [3.63, 3.8) is 0 Å². The maximum Gasteiger partial charge on any atom is 0.276 e. The molecule has 174 valence electrons. The van der Waals surface area contributed by atoms with Crippen LogP contribution < -0.4 is 25.1 Å². The molecule has 0 aromatic carbocycles. The second-order valence-corrected chi connectivity index (χ2v) is 8.23. The largest absolute Gasteiger partial charge is 0.484 e. The summed E-state index contributed by atoms with van der Waals surface area (Å²) in [7, 11) is 1.56. The zero-order valence-corrected chi connectivity index (χ0v) is 18.6. The third kappa shape index (κ3) is 4.88. The smallest absolute Gasteiger partial charge is 0.276 e. The van der Waals surface area contributed by atoms with Crippen LogP contribution in [-0.4, -0.2) is 76.1 Å². The molecule has 0 saturated carbocycles. The number of likely N-dealkylation sites (tertiary alicyclic amines) is 1. The Labute approximate surface area is 190 Å². The predicted octanol–water partition coefficient (Wildman–Crippen LogP) is 0.473. The van der Waals surface area contributed by atoms with Crippen molar-refractivity contribution in [2.45, 2.75) is 19.5 Å². The standard InChI is InChI=1S/C22H27N7O4/c1-31-19-3-2-17-21(25-19)29(20(30)13-24-17)7-6-28-5-4-15(14-28)11-23-12-16-10-18-22(27-26-16)33-9-8-32-18/h2-3,10,13,15,23H,4-9,11-12,14H2,1H3/t15-/m0/s1. The Hall–Kier alpha value is -3.31. The lowest BCUT2D eigenvalue weighted by Gasteiger charge is -2.18. The summed E-state index contributed by atoms with van der Waals surface area (Å²) in [4.78, 5) is 23.4. The highest BCUT2D eigenvalue weighted by Gasteiger charge is 2.22. The molecule has 0 aliphatic carbocycles. The van der Waals surface area contributed by atoms with Crippen LogP contribution in [0, 0.1) is 5.92 Å². The summed E-state index contributed by atoms with van der Waals surface area (Å²) in [5, 5.41) is 11.8. The van der Waals surface area contributed by atoms with Crippen LogP contribution in [0.15, 0.2) is 29.2 Å². The summed E-state index contributed by atoms with van der Waals surface area (Å²) in [6.07, 6.45) is 2.46. The molecule has 0 spiro atoms. The molecular weight excluding hydrogens is 426 g/mol. The average molecular weight is 454 g/mol. The van der Waals surface area contributed by atoms with E-state index in [4.69, 9.17) is 14.2 Å². The molecule has 5 heterocycles. The van der Waals surface area contributed by atoms with E-state index in [0.29, 0.717) is 60.9 Å². The zero-order valence-electron chi connectivity index (χ0n) is 18.6. The number of fused-ring (bicyclic) bond motifs is 2. The Morgan fingerprint density at radius 3 is 3.03 bits per heavy atom. The Kier molecular flexibility index (Phi) is 6.31. The summed E-state index contributed by atoms with van der Waals surface area (Å²) in [5.41, 5.74) is 1.92. The summed E-state index contributed by atoms with van der Waals surface area (Å²) >= 11 is 0. The highest BCUT2D eigenvalue weighted by molar-refractivity contribution is 5.70. The second-order valence-electron chi connectivity index (χ2n) is 8.23. The number of pyridine rings is 1. The number of ether oxygens (including phenoxy) is 3. The average Bonchev–Trinajstić information content (AvgIpc) is 3.30. The lowest BCUT2D eigenvalue weighted by molar-refractivity contribution is 0.161. The molecule has 11 heteroatoms. The molecule has 11 nitrogen and oxygen atoms in total. The van der Waals surface area contributed by atoms with Gasteiger partial charge in [-0.3, -0.25) is 9.36 Å². The van der Waals surface area contributed by atoms with Crippen molar-refractivity contribution in [1.82, 2.24) is 34.9 Å². The molecule has 1 fully saturated rings. The molecule has 2 aliphatic rings. The molecular formula is C22H27N7O4. The number of rotatable bonds is 8. The van der Waals surface area contributed by atoms with Crippen molar-refractivity contribution in [1.29, 1.82) is 0 Å². The van der Waals surface area contributed by atoms with Gasteiger partial charge in [0.1, 0.15) is 18.7 Å². The molecule has 2 aliphatic heterocycles. The maximum atomic E-state index is 12.4. The number of methoxy groups -OCH3 is 1. The van der Waals surface area contributed by atoms with Gasteiger partial charge in [-0.25, -0.2) is 4.98 Å². The van der Waals surface area contributed by atoms with E-state index in [1.807, 2.05) is 12.1 Å². The van der Waals surface area contributed by atoms with Crippen molar-refractivity contribution in [3.05, 3.63) is 40.4 Å². The molecule has 0 bridgehead atoms. The number of nitrogens with one attached hydrogen (secondary N) is 1. The summed E-state index contributed by atoms with van der Waals surface area (Å²) in [6.45, 7) is 5.89. The van der Waals surface area contributed by atoms with E-state index in [1.54, 1.807) is 17.7 Å². The monoisotopic (exact) mass is 453 g/mol. The SMILES string of the molecule is COc1ccc2ncc(=O)n(CCN3CC[C@@H](CNCc4cc5c(nn4)OCCO5)C3)c2n1. The van der Waals surface area contributed by atoms with Crippen LogP contribution in [0.4, 0.5) is 0 Å². The molecule has 0 unspecified atom stereocenters. The molecule has 33 heavy (non-hydrogen) atoms. The number of hydrogen-bond donors (Lipinski definition) is 1. The van der Waals surface area contributed by atoms with Gasteiger partial charge in [0.25, 0.3) is 11.4 Å². The highest BCUT2D eigenvalue weighted by atomic mass is 16.6. The molecule has 3 aromatic rings. The molecule has 1 atom stereocenters. The predicted molar refractivity (Wildman–Crippen MR) is 120 cm³/mol. The van der Waals surface area contributed by atoms with Gasteiger partial charge in [0, 0.05) is 38.3 Å². The van der Waals surface area contributed by atoms with E-state index in [9.17, 15) is 4.79 Å². The summed E-state index contributed by atoms with van der Waals surface area (Å²) in [6, 6.07) is 5.45. The van der Waals surface area contributed by atoms with Gasteiger partial charge < -0.3 is 24.4 Å². The number of nitrogens with zero attached hydrogens (tertiary/aromatic N) is 6. The minimum Gasteiger partial charge on any atom is -0.484 e. The van der Waals surface area contributed by atoms with E-state index < -0.39 is 0 Å². The Bertz CT molecular complexity index is 1190. The first-order chi connectivity index (χ1) is 16.2. The van der Waals surface area contributed by atoms with Crippen LogP contribution in [0.25, 0.3) is 11.2 Å². The first-order valence-electron chi connectivity index (χ1n) is 11.2. The fourth-order valence-corrected chi connectivity index (χ4v) is 4.26. The second kappa shape index (κ2) is 9.67. The van der Waals surface area contributed by atoms with E-state index in [2.05, 4.69) is 30.4 Å². The minimum atomic E-state index is -0.152. The van der Waals surface area contributed by atoms with Crippen molar-refractivity contribution < 1.29 is 14.2 Å². The quantitative estimate of drug-likeness (QED) is 0.516. The van der Waals surface area contributed by atoms with Gasteiger partial charge in [-0.1, -0.05) is 0 Å². The fourth-order valence-electron chi connectivity index (χ4n) is 4.26. The molecule has 5 rings (SSSR count). The van der Waals surface area contributed by atoms with Crippen molar-refractivity contribution >= 4 is 11.2 Å². The summed E-state index contributed by atoms with van der Waals surface area (Å²) < 4.78 is 17.9. The lowest BCUT2D eigenvalue weighted by atomic mass is 10.1. The molecule has 0 radical (unpaired) electrons. The van der Waals surface area contributed by atoms with Crippen LogP contribution in [-0.2, 0) is 13.1 Å². The third-order valence-corrected chi connectivity index (χ3v) is 5.98.